The van der Waals surface area contributed by atoms with Gasteiger partial charge in [0.25, 0.3) is 0 Å². The first kappa shape index (κ1) is 15.1. The van der Waals surface area contributed by atoms with Crippen molar-refractivity contribution in [3.63, 3.8) is 0 Å². The van der Waals surface area contributed by atoms with Gasteiger partial charge in [0, 0.05) is 19.1 Å². The van der Waals surface area contributed by atoms with Crippen LogP contribution in [0.4, 0.5) is 0 Å². The molecular weight excluding hydrogens is 228 g/mol. The maximum absolute atomic E-state index is 5.54. The molecule has 0 N–H and O–H groups in total. The van der Waals surface area contributed by atoms with E-state index in [0.717, 1.165) is 32.0 Å². The Labute approximate surface area is 110 Å². The van der Waals surface area contributed by atoms with Crippen LogP contribution in [0, 0.1) is 5.92 Å². The second-order valence-electron chi connectivity index (χ2n) is 5.46. The Balaban J connectivity index is 2.30. The number of hydrogen-bond acceptors (Lipinski definition) is 4. The van der Waals surface area contributed by atoms with Gasteiger partial charge < -0.3 is 4.74 Å². The zero-order chi connectivity index (χ0) is 13.5. The Kier molecular flexibility index (Phi) is 6.29. The van der Waals surface area contributed by atoms with Crippen LogP contribution in [0.25, 0.3) is 0 Å². The number of aromatic nitrogens is 3. The zero-order valence-corrected chi connectivity index (χ0v) is 12.3. The maximum atomic E-state index is 5.54. The van der Waals surface area contributed by atoms with Crippen LogP contribution in [-0.4, -0.2) is 46.2 Å². The van der Waals surface area contributed by atoms with Crippen molar-refractivity contribution < 1.29 is 4.74 Å². The fourth-order valence-electron chi connectivity index (χ4n) is 1.41. The van der Waals surface area contributed by atoms with Gasteiger partial charge in [-0.05, 0) is 26.8 Å². The number of hydrogen-bond donors (Lipinski definition) is 0. The van der Waals surface area contributed by atoms with Crippen molar-refractivity contribution in [3.8, 4) is 0 Å². The molecule has 0 bridgehead atoms. The van der Waals surface area contributed by atoms with Crippen molar-refractivity contribution in [2.45, 2.75) is 46.8 Å². The van der Waals surface area contributed by atoms with Crippen molar-refractivity contribution in [1.29, 1.82) is 0 Å². The summed E-state index contributed by atoms with van der Waals surface area (Å²) in [6, 6.07) is 0.507. The molecule has 0 fully saturated rings. The SMILES string of the molecule is CC(C)COCCc1cn(CN(C)C(C)C)nn1. The van der Waals surface area contributed by atoms with E-state index in [-0.39, 0.29) is 0 Å². The van der Waals surface area contributed by atoms with Crippen LogP contribution in [0.3, 0.4) is 0 Å². The summed E-state index contributed by atoms with van der Waals surface area (Å²) in [6.45, 7) is 10.9. The van der Waals surface area contributed by atoms with E-state index in [1.54, 1.807) is 0 Å². The summed E-state index contributed by atoms with van der Waals surface area (Å²) >= 11 is 0. The molecule has 1 aromatic rings. The lowest BCUT2D eigenvalue weighted by Gasteiger charge is -2.20. The first-order valence-corrected chi connectivity index (χ1v) is 6.66. The van der Waals surface area contributed by atoms with Gasteiger partial charge in [-0.2, -0.15) is 0 Å². The molecule has 5 heteroatoms. The van der Waals surface area contributed by atoms with Crippen LogP contribution < -0.4 is 0 Å². The minimum atomic E-state index is 0.507. The van der Waals surface area contributed by atoms with E-state index in [1.165, 1.54) is 0 Å². The lowest BCUT2D eigenvalue weighted by molar-refractivity contribution is 0.112. The Morgan fingerprint density at radius 1 is 1.33 bits per heavy atom. The highest BCUT2D eigenvalue weighted by atomic mass is 16.5. The third kappa shape index (κ3) is 5.60. The van der Waals surface area contributed by atoms with Crippen molar-refractivity contribution in [3.05, 3.63) is 11.9 Å². The predicted octanol–water partition coefficient (Wildman–Crippen LogP) is 1.79. The summed E-state index contributed by atoms with van der Waals surface area (Å²) < 4.78 is 7.41. The summed E-state index contributed by atoms with van der Waals surface area (Å²) in [5, 5.41) is 8.27. The lowest BCUT2D eigenvalue weighted by Crippen LogP contribution is -2.28. The fraction of sp³-hybridized carbons (Fsp3) is 0.846. The topological polar surface area (TPSA) is 43.2 Å². The highest BCUT2D eigenvalue weighted by molar-refractivity contribution is 4.92. The van der Waals surface area contributed by atoms with Crippen molar-refractivity contribution in [2.75, 3.05) is 20.3 Å². The molecule has 0 atom stereocenters. The van der Waals surface area contributed by atoms with Gasteiger partial charge in [-0.1, -0.05) is 19.1 Å². The minimum absolute atomic E-state index is 0.507. The highest BCUT2D eigenvalue weighted by Crippen LogP contribution is 2.00. The van der Waals surface area contributed by atoms with Crippen LogP contribution >= 0.6 is 0 Å². The third-order valence-electron chi connectivity index (χ3n) is 2.79. The normalized spacial score (nSPS) is 12.0. The molecule has 18 heavy (non-hydrogen) atoms. The molecule has 0 aliphatic heterocycles. The van der Waals surface area contributed by atoms with Crippen molar-refractivity contribution in [1.82, 2.24) is 19.9 Å². The molecule has 1 heterocycles. The largest absolute Gasteiger partial charge is 0.381 e. The van der Waals surface area contributed by atoms with Gasteiger partial charge in [0.05, 0.1) is 25.2 Å². The Hall–Kier alpha value is -0.940. The monoisotopic (exact) mass is 254 g/mol. The smallest absolute Gasteiger partial charge is 0.0946 e. The molecule has 0 saturated heterocycles. The van der Waals surface area contributed by atoms with Gasteiger partial charge in [0.1, 0.15) is 0 Å². The molecule has 0 unspecified atom stereocenters. The maximum Gasteiger partial charge on any atom is 0.0946 e. The van der Waals surface area contributed by atoms with Crippen LogP contribution in [0.1, 0.15) is 33.4 Å². The molecule has 104 valence electrons. The minimum Gasteiger partial charge on any atom is -0.381 e. The molecule has 5 nitrogen and oxygen atoms in total. The molecule has 0 amide bonds. The zero-order valence-electron chi connectivity index (χ0n) is 12.3. The highest BCUT2D eigenvalue weighted by Gasteiger charge is 2.06. The molecule has 0 aromatic carbocycles. The molecular formula is C13H26N4O. The van der Waals surface area contributed by atoms with E-state index in [4.69, 9.17) is 4.74 Å². The summed E-state index contributed by atoms with van der Waals surface area (Å²) in [4.78, 5) is 2.22. The van der Waals surface area contributed by atoms with Gasteiger partial charge in [-0.15, -0.1) is 5.10 Å². The van der Waals surface area contributed by atoms with Gasteiger partial charge >= 0.3 is 0 Å². The second-order valence-corrected chi connectivity index (χ2v) is 5.46. The molecule has 0 radical (unpaired) electrons. The third-order valence-corrected chi connectivity index (χ3v) is 2.79. The predicted molar refractivity (Wildman–Crippen MR) is 72.3 cm³/mol. The van der Waals surface area contributed by atoms with Crippen LogP contribution in [0.15, 0.2) is 6.20 Å². The van der Waals surface area contributed by atoms with Crippen LogP contribution in [-0.2, 0) is 17.8 Å². The van der Waals surface area contributed by atoms with Gasteiger partial charge in [-0.3, -0.25) is 4.90 Å². The van der Waals surface area contributed by atoms with E-state index < -0.39 is 0 Å². The van der Waals surface area contributed by atoms with E-state index >= 15 is 0 Å². The summed E-state index contributed by atoms with van der Waals surface area (Å²) in [6.07, 6.45) is 2.83. The van der Waals surface area contributed by atoms with Crippen molar-refractivity contribution >= 4 is 0 Å². The Bertz CT molecular complexity index is 335. The number of ether oxygens (including phenoxy) is 1. The molecule has 1 aromatic heterocycles. The van der Waals surface area contributed by atoms with Crippen LogP contribution in [0.2, 0.25) is 0 Å². The lowest BCUT2D eigenvalue weighted by atomic mass is 10.2. The average molecular weight is 254 g/mol. The quantitative estimate of drug-likeness (QED) is 0.663. The van der Waals surface area contributed by atoms with Gasteiger partial charge in [0.2, 0.25) is 0 Å². The number of rotatable bonds is 8. The van der Waals surface area contributed by atoms with Crippen molar-refractivity contribution in [2.24, 2.45) is 5.92 Å². The molecule has 0 aliphatic rings. The molecule has 1 rings (SSSR count). The van der Waals surface area contributed by atoms with E-state index in [2.05, 4.69) is 50.0 Å². The summed E-state index contributed by atoms with van der Waals surface area (Å²) in [7, 11) is 2.08. The summed E-state index contributed by atoms with van der Waals surface area (Å²) in [5.41, 5.74) is 0.996. The molecule has 0 spiro atoms. The molecule has 0 aliphatic carbocycles. The number of nitrogens with zero attached hydrogens (tertiary/aromatic N) is 4. The van der Waals surface area contributed by atoms with E-state index in [1.807, 2.05) is 10.9 Å². The van der Waals surface area contributed by atoms with Gasteiger partial charge in [-0.25, -0.2) is 4.68 Å². The second kappa shape index (κ2) is 7.48. The summed E-state index contributed by atoms with van der Waals surface area (Å²) in [5.74, 6) is 0.584. The first-order chi connectivity index (χ1) is 8.49. The van der Waals surface area contributed by atoms with E-state index in [0.29, 0.717) is 12.0 Å². The molecule has 0 saturated carbocycles. The standard InChI is InChI=1S/C13H26N4O/c1-11(2)9-18-7-6-13-8-17(15-14-13)10-16(5)12(3)4/h8,11-12H,6-7,9-10H2,1-5H3. The Morgan fingerprint density at radius 3 is 2.67 bits per heavy atom. The Morgan fingerprint density at radius 2 is 2.06 bits per heavy atom. The first-order valence-electron chi connectivity index (χ1n) is 6.66. The van der Waals surface area contributed by atoms with Gasteiger partial charge in [0.15, 0.2) is 0 Å². The fourth-order valence-corrected chi connectivity index (χ4v) is 1.41. The van der Waals surface area contributed by atoms with E-state index in [9.17, 15) is 0 Å². The average Bonchev–Trinajstić information content (AvgIpc) is 2.72. The van der Waals surface area contributed by atoms with Crippen LogP contribution in [0.5, 0.6) is 0 Å².